The Morgan fingerprint density at radius 3 is 2.65 bits per heavy atom. The van der Waals surface area contributed by atoms with E-state index in [-0.39, 0.29) is 24.4 Å². The topological polar surface area (TPSA) is 46.3 Å². The molecule has 4 heteroatoms. The Balaban J connectivity index is 0.00000200. The van der Waals surface area contributed by atoms with Crippen molar-refractivity contribution in [2.45, 2.75) is 44.6 Å². The normalized spacial score (nSPS) is 20.7. The molecule has 2 rings (SSSR count). The number of nitrogens with zero attached hydrogens (tertiary/aromatic N) is 1. The van der Waals surface area contributed by atoms with E-state index in [1.165, 1.54) is 12.0 Å². The van der Waals surface area contributed by atoms with Crippen LogP contribution in [0.1, 0.15) is 44.1 Å². The molecule has 2 unspecified atom stereocenters. The molecule has 2 atom stereocenters. The number of carbonyl (C=O) groups is 1. The van der Waals surface area contributed by atoms with Gasteiger partial charge < -0.3 is 10.6 Å². The largest absolute Gasteiger partial charge is 0.343 e. The SMILES string of the molecule is CC(N)CC(=O)N1CCCC(c2ccccc2)CC1.Cl. The number of hydrogen-bond donors (Lipinski definition) is 1. The Kier molecular flexibility index (Phi) is 7.03. The predicted octanol–water partition coefficient (Wildman–Crippen LogP) is 2.94. The zero-order chi connectivity index (χ0) is 13.7. The molecule has 0 spiro atoms. The lowest BCUT2D eigenvalue weighted by molar-refractivity contribution is -0.131. The van der Waals surface area contributed by atoms with E-state index in [0.29, 0.717) is 12.3 Å². The zero-order valence-electron chi connectivity index (χ0n) is 12.1. The molecule has 20 heavy (non-hydrogen) atoms. The number of likely N-dealkylation sites (tertiary alicyclic amines) is 1. The third-order valence-corrected chi connectivity index (χ3v) is 3.85. The van der Waals surface area contributed by atoms with Crippen LogP contribution >= 0.6 is 12.4 Å². The zero-order valence-corrected chi connectivity index (χ0v) is 12.9. The molecular formula is C16H25ClN2O. The van der Waals surface area contributed by atoms with Gasteiger partial charge in [-0.2, -0.15) is 0 Å². The summed E-state index contributed by atoms with van der Waals surface area (Å²) in [4.78, 5) is 14.0. The Morgan fingerprint density at radius 1 is 1.30 bits per heavy atom. The van der Waals surface area contributed by atoms with Gasteiger partial charge in [0.2, 0.25) is 5.91 Å². The number of nitrogens with two attached hydrogens (primary N) is 1. The van der Waals surface area contributed by atoms with E-state index in [1.807, 2.05) is 11.8 Å². The van der Waals surface area contributed by atoms with E-state index in [0.717, 1.165) is 25.9 Å². The molecule has 1 saturated heterocycles. The summed E-state index contributed by atoms with van der Waals surface area (Å²) >= 11 is 0. The van der Waals surface area contributed by atoms with Gasteiger partial charge in [0, 0.05) is 25.6 Å². The molecule has 0 aromatic heterocycles. The fourth-order valence-corrected chi connectivity index (χ4v) is 2.81. The maximum Gasteiger partial charge on any atom is 0.224 e. The first kappa shape index (κ1) is 17.0. The highest BCUT2D eigenvalue weighted by molar-refractivity contribution is 5.85. The van der Waals surface area contributed by atoms with Crippen molar-refractivity contribution in [3.8, 4) is 0 Å². The molecule has 112 valence electrons. The lowest BCUT2D eigenvalue weighted by Crippen LogP contribution is -2.35. The summed E-state index contributed by atoms with van der Waals surface area (Å²) in [5, 5.41) is 0. The molecule has 1 heterocycles. The summed E-state index contributed by atoms with van der Waals surface area (Å²) in [6.07, 6.45) is 3.79. The Labute approximate surface area is 127 Å². The summed E-state index contributed by atoms with van der Waals surface area (Å²) < 4.78 is 0. The number of rotatable bonds is 3. The molecular weight excluding hydrogens is 272 g/mol. The van der Waals surface area contributed by atoms with E-state index in [4.69, 9.17) is 5.73 Å². The van der Waals surface area contributed by atoms with Crippen LogP contribution in [0.2, 0.25) is 0 Å². The minimum absolute atomic E-state index is 0. The van der Waals surface area contributed by atoms with Gasteiger partial charge in [-0.1, -0.05) is 30.3 Å². The maximum absolute atomic E-state index is 12.1. The highest BCUT2D eigenvalue weighted by Gasteiger charge is 2.21. The second-order valence-corrected chi connectivity index (χ2v) is 5.60. The Morgan fingerprint density at radius 2 is 2.00 bits per heavy atom. The summed E-state index contributed by atoms with van der Waals surface area (Å²) in [5.74, 6) is 0.804. The summed E-state index contributed by atoms with van der Waals surface area (Å²) in [6, 6.07) is 10.6. The van der Waals surface area contributed by atoms with Crippen LogP contribution < -0.4 is 5.73 Å². The fourth-order valence-electron chi connectivity index (χ4n) is 2.81. The Hall–Kier alpha value is -1.06. The first-order valence-electron chi connectivity index (χ1n) is 7.25. The highest BCUT2D eigenvalue weighted by atomic mass is 35.5. The van der Waals surface area contributed by atoms with Crippen molar-refractivity contribution in [1.82, 2.24) is 4.90 Å². The van der Waals surface area contributed by atoms with E-state index in [1.54, 1.807) is 0 Å². The predicted molar refractivity (Wildman–Crippen MR) is 85.1 cm³/mol. The van der Waals surface area contributed by atoms with Crippen LogP contribution in [0.4, 0.5) is 0 Å². The van der Waals surface area contributed by atoms with Crippen LogP contribution in [0, 0.1) is 0 Å². The van der Waals surface area contributed by atoms with Gasteiger partial charge in [-0.05, 0) is 37.7 Å². The van der Waals surface area contributed by atoms with Gasteiger partial charge in [-0.15, -0.1) is 12.4 Å². The second kappa shape index (κ2) is 8.28. The molecule has 1 aliphatic heterocycles. The van der Waals surface area contributed by atoms with E-state index >= 15 is 0 Å². The lowest BCUT2D eigenvalue weighted by atomic mass is 9.92. The van der Waals surface area contributed by atoms with Crippen molar-refractivity contribution in [1.29, 1.82) is 0 Å². The number of carbonyl (C=O) groups excluding carboxylic acids is 1. The molecule has 0 bridgehead atoms. The van der Waals surface area contributed by atoms with E-state index in [2.05, 4.69) is 30.3 Å². The third kappa shape index (κ3) is 4.80. The number of hydrogen-bond acceptors (Lipinski definition) is 2. The molecule has 1 aromatic rings. The van der Waals surface area contributed by atoms with Crippen LogP contribution in [0.25, 0.3) is 0 Å². The quantitative estimate of drug-likeness (QED) is 0.932. The Bertz CT molecular complexity index is 408. The molecule has 1 aromatic carbocycles. The first-order valence-corrected chi connectivity index (χ1v) is 7.25. The molecule has 3 nitrogen and oxygen atoms in total. The van der Waals surface area contributed by atoms with Gasteiger partial charge in [-0.25, -0.2) is 0 Å². The molecule has 2 N–H and O–H groups in total. The summed E-state index contributed by atoms with van der Waals surface area (Å²) in [7, 11) is 0. The fraction of sp³-hybridized carbons (Fsp3) is 0.562. The highest BCUT2D eigenvalue weighted by Crippen LogP contribution is 2.27. The lowest BCUT2D eigenvalue weighted by Gasteiger charge is -2.21. The van der Waals surface area contributed by atoms with Crippen molar-refractivity contribution in [3.05, 3.63) is 35.9 Å². The average molecular weight is 297 g/mol. The van der Waals surface area contributed by atoms with Gasteiger partial charge >= 0.3 is 0 Å². The van der Waals surface area contributed by atoms with Crippen LogP contribution in [-0.2, 0) is 4.79 Å². The molecule has 0 radical (unpaired) electrons. The van der Waals surface area contributed by atoms with Crippen LogP contribution in [-0.4, -0.2) is 29.9 Å². The summed E-state index contributed by atoms with van der Waals surface area (Å²) in [6.45, 7) is 3.64. The average Bonchev–Trinajstić information content (AvgIpc) is 2.64. The number of halogens is 1. The monoisotopic (exact) mass is 296 g/mol. The van der Waals surface area contributed by atoms with Gasteiger partial charge in [0.25, 0.3) is 0 Å². The van der Waals surface area contributed by atoms with Crippen molar-refractivity contribution >= 4 is 18.3 Å². The van der Waals surface area contributed by atoms with Gasteiger partial charge in [0.05, 0.1) is 0 Å². The van der Waals surface area contributed by atoms with Crippen LogP contribution in [0.3, 0.4) is 0 Å². The third-order valence-electron chi connectivity index (χ3n) is 3.85. The molecule has 1 amide bonds. The molecule has 1 fully saturated rings. The second-order valence-electron chi connectivity index (χ2n) is 5.60. The number of amides is 1. The molecule has 0 saturated carbocycles. The minimum atomic E-state index is -0.0410. The van der Waals surface area contributed by atoms with E-state index < -0.39 is 0 Å². The first-order chi connectivity index (χ1) is 9.16. The van der Waals surface area contributed by atoms with E-state index in [9.17, 15) is 4.79 Å². The van der Waals surface area contributed by atoms with Crippen molar-refractivity contribution in [2.24, 2.45) is 5.73 Å². The molecule has 1 aliphatic rings. The maximum atomic E-state index is 12.1. The van der Waals surface area contributed by atoms with Gasteiger partial charge in [0.1, 0.15) is 0 Å². The standard InChI is InChI=1S/C16H24N2O.ClH/c1-13(17)12-16(19)18-10-5-8-15(9-11-18)14-6-3-2-4-7-14;/h2-4,6-7,13,15H,5,8-12,17H2,1H3;1H. The summed E-state index contributed by atoms with van der Waals surface area (Å²) in [5.41, 5.74) is 7.12. The minimum Gasteiger partial charge on any atom is -0.343 e. The van der Waals surface area contributed by atoms with Crippen molar-refractivity contribution in [3.63, 3.8) is 0 Å². The molecule has 0 aliphatic carbocycles. The van der Waals surface area contributed by atoms with Gasteiger partial charge in [-0.3, -0.25) is 4.79 Å². The van der Waals surface area contributed by atoms with Crippen LogP contribution in [0.15, 0.2) is 30.3 Å². The smallest absolute Gasteiger partial charge is 0.224 e. The number of benzene rings is 1. The van der Waals surface area contributed by atoms with Gasteiger partial charge in [0.15, 0.2) is 0 Å². The van der Waals surface area contributed by atoms with Crippen LogP contribution in [0.5, 0.6) is 0 Å². The van der Waals surface area contributed by atoms with Crippen molar-refractivity contribution < 1.29 is 4.79 Å². The van der Waals surface area contributed by atoms with Crippen molar-refractivity contribution in [2.75, 3.05) is 13.1 Å².